The van der Waals surface area contributed by atoms with Gasteiger partial charge in [0.2, 0.25) is 0 Å². The number of rotatable bonds is 5. The number of alkyl halides is 3. The number of hydrogen-bond acceptors (Lipinski definition) is 4. The Balaban J connectivity index is 1.81. The standard InChI is InChI=1S/C18H15BrF3NO4/c1-25-13-7-14(26-2)16(19)12-9-23(17(24)15(12)13)8-10-3-5-11(6-4-10)27-18(20,21)22/h3-7H,8-9H2,1-2H3. The molecule has 0 aromatic heterocycles. The van der Waals surface area contributed by atoms with Crippen LogP contribution in [0, 0.1) is 0 Å². The Labute approximate surface area is 161 Å². The van der Waals surface area contributed by atoms with Crippen LogP contribution in [0.1, 0.15) is 21.5 Å². The minimum atomic E-state index is -4.74. The molecule has 2 aromatic rings. The Morgan fingerprint density at radius 2 is 1.74 bits per heavy atom. The lowest BCUT2D eigenvalue weighted by Gasteiger charge is -2.16. The third-order valence-electron chi connectivity index (χ3n) is 4.11. The van der Waals surface area contributed by atoms with Crippen LogP contribution in [0.25, 0.3) is 0 Å². The summed E-state index contributed by atoms with van der Waals surface area (Å²) in [6.45, 7) is 0.556. The molecule has 144 valence electrons. The first kappa shape index (κ1) is 19.3. The summed E-state index contributed by atoms with van der Waals surface area (Å²) in [6, 6.07) is 7.05. The summed E-state index contributed by atoms with van der Waals surface area (Å²) in [5, 5.41) is 0. The van der Waals surface area contributed by atoms with E-state index in [1.165, 1.54) is 38.5 Å². The van der Waals surface area contributed by atoms with E-state index in [0.29, 0.717) is 33.6 Å². The maximum absolute atomic E-state index is 12.8. The van der Waals surface area contributed by atoms with Crippen molar-refractivity contribution in [2.24, 2.45) is 0 Å². The number of methoxy groups -OCH3 is 2. The van der Waals surface area contributed by atoms with Gasteiger partial charge in [0.15, 0.2) is 0 Å². The molecule has 0 aliphatic carbocycles. The van der Waals surface area contributed by atoms with Crippen molar-refractivity contribution in [3.05, 3.63) is 51.5 Å². The van der Waals surface area contributed by atoms with E-state index in [-0.39, 0.29) is 18.2 Å². The van der Waals surface area contributed by atoms with Crippen molar-refractivity contribution in [1.82, 2.24) is 4.90 Å². The van der Waals surface area contributed by atoms with E-state index in [0.717, 1.165) is 5.56 Å². The number of amides is 1. The van der Waals surface area contributed by atoms with Crippen molar-refractivity contribution < 1.29 is 32.2 Å². The predicted octanol–water partition coefficient (Wildman–Crippen LogP) is 4.52. The van der Waals surface area contributed by atoms with Crippen molar-refractivity contribution in [3.63, 3.8) is 0 Å². The van der Waals surface area contributed by atoms with E-state index in [9.17, 15) is 18.0 Å². The topological polar surface area (TPSA) is 48.0 Å². The van der Waals surface area contributed by atoms with Crippen LogP contribution in [0.4, 0.5) is 13.2 Å². The second kappa shape index (κ2) is 7.30. The SMILES string of the molecule is COc1cc(OC)c2c(c1Br)CN(Cc1ccc(OC(F)(F)F)cc1)C2=O. The van der Waals surface area contributed by atoms with E-state index in [1.54, 1.807) is 11.0 Å². The molecule has 1 heterocycles. The van der Waals surface area contributed by atoms with Gasteiger partial charge in [0.25, 0.3) is 5.91 Å². The number of fused-ring (bicyclic) bond motifs is 1. The normalized spacial score (nSPS) is 13.6. The zero-order chi connectivity index (χ0) is 19.8. The Morgan fingerprint density at radius 1 is 1.11 bits per heavy atom. The molecule has 0 saturated heterocycles. The third kappa shape index (κ3) is 3.97. The van der Waals surface area contributed by atoms with Crippen LogP contribution in [-0.4, -0.2) is 31.4 Å². The first-order valence-electron chi connectivity index (χ1n) is 7.80. The van der Waals surface area contributed by atoms with Crippen LogP contribution in [0.15, 0.2) is 34.8 Å². The molecule has 2 aromatic carbocycles. The second-order valence-corrected chi connectivity index (χ2v) is 6.59. The van der Waals surface area contributed by atoms with Gasteiger partial charge in [-0.3, -0.25) is 4.79 Å². The number of carbonyl (C=O) groups is 1. The highest BCUT2D eigenvalue weighted by Gasteiger charge is 2.34. The zero-order valence-electron chi connectivity index (χ0n) is 14.4. The van der Waals surface area contributed by atoms with Gasteiger partial charge in [-0.2, -0.15) is 0 Å². The molecule has 0 N–H and O–H groups in total. The molecule has 0 atom stereocenters. The van der Waals surface area contributed by atoms with Crippen LogP contribution in [-0.2, 0) is 13.1 Å². The van der Waals surface area contributed by atoms with Gasteiger partial charge < -0.3 is 19.1 Å². The molecule has 0 bridgehead atoms. The van der Waals surface area contributed by atoms with Crippen molar-refractivity contribution in [2.75, 3.05) is 14.2 Å². The van der Waals surface area contributed by atoms with Crippen LogP contribution >= 0.6 is 15.9 Å². The fourth-order valence-corrected chi connectivity index (χ4v) is 3.52. The summed E-state index contributed by atoms with van der Waals surface area (Å²) in [6.07, 6.45) is -4.74. The van der Waals surface area contributed by atoms with Gasteiger partial charge >= 0.3 is 6.36 Å². The summed E-state index contributed by atoms with van der Waals surface area (Å²) >= 11 is 3.45. The second-order valence-electron chi connectivity index (χ2n) is 5.80. The molecule has 1 aliphatic rings. The number of ether oxygens (including phenoxy) is 3. The van der Waals surface area contributed by atoms with Crippen LogP contribution in [0.5, 0.6) is 17.2 Å². The van der Waals surface area contributed by atoms with Crippen molar-refractivity contribution in [2.45, 2.75) is 19.5 Å². The van der Waals surface area contributed by atoms with E-state index in [2.05, 4.69) is 20.7 Å². The lowest BCUT2D eigenvalue weighted by molar-refractivity contribution is -0.274. The van der Waals surface area contributed by atoms with Gasteiger partial charge in [-0.25, -0.2) is 0 Å². The lowest BCUT2D eigenvalue weighted by Crippen LogP contribution is -2.23. The molecule has 9 heteroatoms. The minimum absolute atomic E-state index is 0.221. The number of nitrogens with zero attached hydrogens (tertiary/aromatic N) is 1. The first-order chi connectivity index (χ1) is 12.7. The fraction of sp³-hybridized carbons (Fsp3) is 0.278. The summed E-state index contributed by atoms with van der Waals surface area (Å²) < 4.78 is 51.9. The van der Waals surface area contributed by atoms with Gasteiger partial charge in [0, 0.05) is 24.7 Å². The van der Waals surface area contributed by atoms with Crippen molar-refractivity contribution in [3.8, 4) is 17.2 Å². The first-order valence-corrected chi connectivity index (χ1v) is 8.60. The molecular formula is C18H15BrF3NO4. The number of benzene rings is 2. The highest BCUT2D eigenvalue weighted by molar-refractivity contribution is 9.10. The largest absolute Gasteiger partial charge is 0.573 e. The van der Waals surface area contributed by atoms with Gasteiger partial charge in [-0.05, 0) is 33.6 Å². The van der Waals surface area contributed by atoms with Crippen LogP contribution < -0.4 is 14.2 Å². The summed E-state index contributed by atoms with van der Waals surface area (Å²) in [5.41, 5.74) is 1.86. The Kier molecular flexibility index (Phi) is 5.23. The minimum Gasteiger partial charge on any atom is -0.496 e. The van der Waals surface area contributed by atoms with E-state index >= 15 is 0 Å². The predicted molar refractivity (Wildman–Crippen MR) is 93.9 cm³/mol. The molecule has 1 amide bonds. The highest BCUT2D eigenvalue weighted by atomic mass is 79.9. The molecular weight excluding hydrogens is 431 g/mol. The van der Waals surface area contributed by atoms with E-state index in [1.807, 2.05) is 0 Å². The number of hydrogen-bond donors (Lipinski definition) is 0. The smallest absolute Gasteiger partial charge is 0.496 e. The molecule has 0 unspecified atom stereocenters. The molecule has 27 heavy (non-hydrogen) atoms. The molecule has 0 fully saturated rings. The van der Waals surface area contributed by atoms with Crippen LogP contribution in [0.2, 0.25) is 0 Å². The van der Waals surface area contributed by atoms with Gasteiger partial charge in [-0.1, -0.05) is 12.1 Å². The fourth-order valence-electron chi connectivity index (χ4n) is 2.92. The van der Waals surface area contributed by atoms with Gasteiger partial charge in [-0.15, -0.1) is 13.2 Å². The van der Waals surface area contributed by atoms with E-state index in [4.69, 9.17) is 9.47 Å². The molecule has 5 nitrogen and oxygen atoms in total. The Hall–Kier alpha value is -2.42. The maximum atomic E-state index is 12.8. The van der Waals surface area contributed by atoms with Gasteiger partial charge in [0.05, 0.1) is 24.3 Å². The van der Waals surface area contributed by atoms with Crippen molar-refractivity contribution >= 4 is 21.8 Å². The lowest BCUT2D eigenvalue weighted by atomic mass is 10.1. The number of carbonyl (C=O) groups excluding carboxylic acids is 1. The van der Waals surface area contributed by atoms with Gasteiger partial charge in [0.1, 0.15) is 17.2 Å². The average Bonchev–Trinajstić information content (AvgIpc) is 2.93. The molecule has 3 rings (SSSR count). The Morgan fingerprint density at radius 3 is 2.30 bits per heavy atom. The summed E-state index contributed by atoms with van der Waals surface area (Å²) in [4.78, 5) is 14.4. The van der Waals surface area contributed by atoms with Crippen LogP contribution in [0.3, 0.4) is 0 Å². The average molecular weight is 446 g/mol. The molecule has 0 saturated carbocycles. The zero-order valence-corrected chi connectivity index (χ0v) is 16.0. The quantitative estimate of drug-likeness (QED) is 0.678. The molecule has 0 spiro atoms. The van der Waals surface area contributed by atoms with Crippen molar-refractivity contribution in [1.29, 1.82) is 0 Å². The number of halogens is 4. The third-order valence-corrected chi connectivity index (χ3v) is 4.98. The summed E-state index contributed by atoms with van der Waals surface area (Å²) in [7, 11) is 2.99. The molecule has 1 aliphatic heterocycles. The highest BCUT2D eigenvalue weighted by Crippen LogP contribution is 2.42. The monoisotopic (exact) mass is 445 g/mol. The van der Waals surface area contributed by atoms with E-state index < -0.39 is 6.36 Å². The summed E-state index contributed by atoms with van der Waals surface area (Å²) in [5.74, 6) is 0.428. The molecule has 0 radical (unpaired) electrons. The Bertz CT molecular complexity index is 868. The maximum Gasteiger partial charge on any atom is 0.573 e.